The lowest BCUT2D eigenvalue weighted by Crippen LogP contribution is -2.19. The molecule has 0 spiro atoms. The number of hydrogen-bond acceptors (Lipinski definition) is 6. The zero-order chi connectivity index (χ0) is 20.4. The highest BCUT2D eigenvalue weighted by molar-refractivity contribution is 5.98. The molecule has 28 heavy (non-hydrogen) atoms. The molecule has 0 aliphatic carbocycles. The first-order chi connectivity index (χ1) is 13.5. The van der Waals surface area contributed by atoms with E-state index in [0.29, 0.717) is 29.4 Å². The molecule has 1 amide bonds. The first-order valence-electron chi connectivity index (χ1n) is 8.90. The van der Waals surface area contributed by atoms with E-state index in [1.807, 2.05) is 13.0 Å². The van der Waals surface area contributed by atoms with E-state index in [9.17, 15) is 14.4 Å². The molecule has 0 radical (unpaired) electrons. The van der Waals surface area contributed by atoms with Crippen LogP contribution in [0.15, 0.2) is 48.5 Å². The summed E-state index contributed by atoms with van der Waals surface area (Å²) in [6, 6.07) is 13.3. The van der Waals surface area contributed by atoms with E-state index in [1.54, 1.807) is 42.5 Å². The molecular formula is C21H23NO6. The Kier molecular flexibility index (Phi) is 8.02. The van der Waals surface area contributed by atoms with Gasteiger partial charge in [-0.2, -0.15) is 0 Å². The van der Waals surface area contributed by atoms with Gasteiger partial charge in [0.05, 0.1) is 6.61 Å². The second-order valence-electron chi connectivity index (χ2n) is 5.93. The van der Waals surface area contributed by atoms with Crippen molar-refractivity contribution < 1.29 is 28.6 Å². The number of carbonyl (C=O) groups excluding carboxylic acids is 3. The fourth-order valence-electron chi connectivity index (χ4n) is 2.25. The molecule has 0 aliphatic rings. The van der Waals surface area contributed by atoms with Crippen LogP contribution in [0.5, 0.6) is 11.5 Å². The van der Waals surface area contributed by atoms with Gasteiger partial charge in [0.25, 0.3) is 0 Å². The Labute approximate surface area is 163 Å². The van der Waals surface area contributed by atoms with E-state index in [0.717, 1.165) is 6.42 Å². The van der Waals surface area contributed by atoms with Gasteiger partial charge >= 0.3 is 5.97 Å². The first kappa shape index (κ1) is 21.0. The van der Waals surface area contributed by atoms with E-state index in [1.165, 1.54) is 6.92 Å². The van der Waals surface area contributed by atoms with Crippen LogP contribution in [-0.2, 0) is 14.3 Å². The third kappa shape index (κ3) is 6.75. The predicted molar refractivity (Wildman–Crippen MR) is 104 cm³/mol. The average Bonchev–Trinajstić information content (AvgIpc) is 2.69. The van der Waals surface area contributed by atoms with Crippen LogP contribution in [0, 0.1) is 0 Å². The number of ketones is 1. The first-order valence-corrected chi connectivity index (χ1v) is 8.90. The Morgan fingerprint density at radius 1 is 0.893 bits per heavy atom. The zero-order valence-corrected chi connectivity index (χ0v) is 15.9. The van der Waals surface area contributed by atoms with Gasteiger partial charge in [-0.1, -0.05) is 19.1 Å². The second-order valence-corrected chi connectivity index (χ2v) is 5.93. The lowest BCUT2D eigenvalue weighted by molar-refractivity contribution is -0.144. The van der Waals surface area contributed by atoms with Crippen molar-refractivity contribution in [1.29, 1.82) is 0 Å². The SMILES string of the molecule is CCCOc1ccccc1OCC(=O)OCC(=O)c1ccc(NC(C)=O)cc1. The molecule has 2 aromatic carbocycles. The number of anilines is 1. The molecule has 7 nitrogen and oxygen atoms in total. The third-order valence-electron chi connectivity index (χ3n) is 3.55. The van der Waals surface area contributed by atoms with Crippen LogP contribution in [0.2, 0.25) is 0 Å². The van der Waals surface area contributed by atoms with Gasteiger partial charge in [-0.15, -0.1) is 0 Å². The monoisotopic (exact) mass is 385 g/mol. The van der Waals surface area contributed by atoms with Crippen molar-refractivity contribution >= 4 is 23.3 Å². The van der Waals surface area contributed by atoms with Crippen LogP contribution < -0.4 is 14.8 Å². The normalized spacial score (nSPS) is 10.1. The van der Waals surface area contributed by atoms with Crippen LogP contribution in [0.4, 0.5) is 5.69 Å². The van der Waals surface area contributed by atoms with E-state index in [2.05, 4.69) is 5.32 Å². The molecule has 0 atom stereocenters. The number of ether oxygens (including phenoxy) is 3. The molecule has 1 N–H and O–H groups in total. The highest BCUT2D eigenvalue weighted by Gasteiger charge is 2.12. The van der Waals surface area contributed by atoms with Gasteiger partial charge in [0.1, 0.15) is 0 Å². The van der Waals surface area contributed by atoms with Gasteiger partial charge in [-0.25, -0.2) is 4.79 Å². The number of carbonyl (C=O) groups is 3. The zero-order valence-electron chi connectivity index (χ0n) is 15.9. The predicted octanol–water partition coefficient (Wildman–Crippen LogP) is 3.24. The Balaban J connectivity index is 1.81. The largest absolute Gasteiger partial charge is 0.490 e. The second kappa shape index (κ2) is 10.7. The number of hydrogen-bond donors (Lipinski definition) is 1. The van der Waals surface area contributed by atoms with Crippen molar-refractivity contribution in [1.82, 2.24) is 0 Å². The van der Waals surface area contributed by atoms with Crippen molar-refractivity contribution in [3.05, 3.63) is 54.1 Å². The van der Waals surface area contributed by atoms with Crippen molar-refractivity contribution in [2.45, 2.75) is 20.3 Å². The fraction of sp³-hybridized carbons (Fsp3) is 0.286. The van der Waals surface area contributed by atoms with Gasteiger partial charge in [0, 0.05) is 18.2 Å². The molecule has 0 saturated heterocycles. The maximum atomic E-state index is 12.1. The molecule has 0 bridgehead atoms. The number of nitrogens with one attached hydrogen (secondary N) is 1. The third-order valence-corrected chi connectivity index (χ3v) is 3.55. The Morgan fingerprint density at radius 3 is 2.14 bits per heavy atom. The maximum absolute atomic E-state index is 12.1. The number of Topliss-reactive ketones (excluding diaryl/α,β-unsaturated/α-hetero) is 1. The average molecular weight is 385 g/mol. The summed E-state index contributed by atoms with van der Waals surface area (Å²) in [6.45, 7) is 3.21. The van der Waals surface area contributed by atoms with Gasteiger partial charge < -0.3 is 19.5 Å². The van der Waals surface area contributed by atoms with E-state index in [4.69, 9.17) is 14.2 Å². The van der Waals surface area contributed by atoms with Crippen LogP contribution in [0.3, 0.4) is 0 Å². The van der Waals surface area contributed by atoms with Crippen molar-refractivity contribution in [3.8, 4) is 11.5 Å². The van der Waals surface area contributed by atoms with Gasteiger partial charge in [-0.05, 0) is 42.8 Å². The molecule has 0 aromatic heterocycles. The molecule has 0 aliphatic heterocycles. The minimum Gasteiger partial charge on any atom is -0.490 e. The minimum atomic E-state index is -0.659. The Bertz CT molecular complexity index is 816. The van der Waals surface area contributed by atoms with Crippen molar-refractivity contribution in [2.75, 3.05) is 25.1 Å². The minimum absolute atomic E-state index is 0.199. The van der Waals surface area contributed by atoms with E-state index < -0.39 is 12.6 Å². The number of amides is 1. The number of para-hydroxylation sites is 2. The smallest absolute Gasteiger partial charge is 0.344 e. The highest BCUT2D eigenvalue weighted by Crippen LogP contribution is 2.26. The number of esters is 1. The Morgan fingerprint density at radius 2 is 1.54 bits per heavy atom. The van der Waals surface area contributed by atoms with Crippen LogP contribution in [-0.4, -0.2) is 37.5 Å². The standard InChI is InChI=1S/C21H23NO6/c1-3-12-26-19-6-4-5-7-20(19)27-14-21(25)28-13-18(24)16-8-10-17(11-9-16)22-15(2)23/h4-11H,3,12-14H2,1-2H3,(H,22,23). The summed E-state index contributed by atoms with van der Waals surface area (Å²) >= 11 is 0. The topological polar surface area (TPSA) is 90.9 Å². The fourth-order valence-corrected chi connectivity index (χ4v) is 2.25. The molecular weight excluding hydrogens is 362 g/mol. The highest BCUT2D eigenvalue weighted by atomic mass is 16.6. The summed E-state index contributed by atoms with van der Waals surface area (Å²) in [5.41, 5.74) is 0.958. The molecule has 148 valence electrons. The molecule has 2 aromatic rings. The number of rotatable bonds is 10. The number of benzene rings is 2. The molecule has 2 rings (SSSR count). The molecule has 0 fully saturated rings. The summed E-state index contributed by atoms with van der Waals surface area (Å²) in [5.74, 6) is -0.224. The summed E-state index contributed by atoms with van der Waals surface area (Å²) in [6.07, 6.45) is 0.851. The van der Waals surface area contributed by atoms with Crippen molar-refractivity contribution in [3.63, 3.8) is 0 Å². The Hall–Kier alpha value is -3.35. The lowest BCUT2D eigenvalue weighted by atomic mass is 10.1. The van der Waals surface area contributed by atoms with Gasteiger partial charge in [0.15, 0.2) is 30.5 Å². The maximum Gasteiger partial charge on any atom is 0.344 e. The summed E-state index contributed by atoms with van der Waals surface area (Å²) in [5, 5.41) is 2.61. The van der Waals surface area contributed by atoms with Gasteiger partial charge in [-0.3, -0.25) is 9.59 Å². The summed E-state index contributed by atoms with van der Waals surface area (Å²) in [7, 11) is 0. The van der Waals surface area contributed by atoms with Gasteiger partial charge in [0.2, 0.25) is 5.91 Å². The quantitative estimate of drug-likeness (QED) is 0.499. The van der Waals surface area contributed by atoms with Crippen LogP contribution in [0.25, 0.3) is 0 Å². The lowest BCUT2D eigenvalue weighted by Gasteiger charge is -2.11. The van der Waals surface area contributed by atoms with Crippen LogP contribution >= 0.6 is 0 Å². The molecule has 0 saturated carbocycles. The summed E-state index contributed by atoms with van der Waals surface area (Å²) in [4.78, 5) is 35.0. The summed E-state index contributed by atoms with van der Waals surface area (Å²) < 4.78 is 16.0. The van der Waals surface area contributed by atoms with Crippen molar-refractivity contribution in [2.24, 2.45) is 0 Å². The van der Waals surface area contributed by atoms with E-state index in [-0.39, 0.29) is 18.3 Å². The van der Waals surface area contributed by atoms with Crippen LogP contribution in [0.1, 0.15) is 30.6 Å². The molecule has 7 heteroatoms. The molecule has 0 heterocycles. The van der Waals surface area contributed by atoms with E-state index >= 15 is 0 Å². The molecule has 0 unspecified atom stereocenters.